The number of rotatable bonds is 5. The van der Waals surface area contributed by atoms with E-state index in [0.29, 0.717) is 12.1 Å². The first-order valence-corrected chi connectivity index (χ1v) is 4.19. The van der Waals surface area contributed by atoms with Crippen LogP contribution in [0.4, 0.5) is 0 Å². The number of aliphatic imine (C=N–C) groups is 1. The van der Waals surface area contributed by atoms with Crippen LogP contribution in [0.1, 0.15) is 13.3 Å². The number of Topliss-reactive ketones (excluding diaryl/α,β-unsaturated/α-hetero) is 1. The van der Waals surface area contributed by atoms with Crippen molar-refractivity contribution in [3.8, 4) is 0 Å². The molecule has 0 unspecified atom stereocenters. The van der Waals surface area contributed by atoms with Crippen molar-refractivity contribution >= 4 is 17.9 Å². The topological polar surface area (TPSA) is 84.5 Å². The third kappa shape index (κ3) is 5.93. The lowest BCUT2D eigenvalue weighted by atomic mass is 10.2. The van der Waals surface area contributed by atoms with E-state index in [-0.39, 0.29) is 18.1 Å². The smallest absolute Gasteiger partial charge is 0.227 e. The van der Waals surface area contributed by atoms with E-state index in [4.69, 9.17) is 5.73 Å². The Kier molecular flexibility index (Phi) is 6.02. The van der Waals surface area contributed by atoms with E-state index in [9.17, 15) is 9.59 Å². The van der Waals surface area contributed by atoms with Crippen molar-refractivity contribution in [2.45, 2.75) is 13.3 Å². The Balaban J connectivity index is 3.92. The van der Waals surface area contributed by atoms with Crippen molar-refractivity contribution in [2.24, 2.45) is 10.7 Å². The molecule has 0 aliphatic carbocycles. The zero-order valence-corrected chi connectivity index (χ0v) is 8.41. The van der Waals surface area contributed by atoms with Crippen LogP contribution in [-0.4, -0.2) is 31.5 Å². The minimum absolute atomic E-state index is 0.0961. The van der Waals surface area contributed by atoms with Crippen molar-refractivity contribution < 1.29 is 9.59 Å². The molecule has 0 aromatic heterocycles. The number of ketones is 1. The van der Waals surface area contributed by atoms with E-state index >= 15 is 0 Å². The molecule has 0 saturated heterocycles. The molecule has 0 aromatic rings. The van der Waals surface area contributed by atoms with Crippen molar-refractivity contribution in [3.63, 3.8) is 0 Å². The molecule has 0 bridgehead atoms. The third-order valence-electron chi connectivity index (χ3n) is 1.41. The maximum atomic E-state index is 11.0. The third-order valence-corrected chi connectivity index (χ3v) is 1.41. The fourth-order valence-corrected chi connectivity index (χ4v) is 0.803. The Labute approximate surface area is 83.1 Å². The van der Waals surface area contributed by atoms with Gasteiger partial charge in [-0.2, -0.15) is 0 Å². The highest BCUT2D eigenvalue weighted by Gasteiger charge is 2.04. The number of nitrogens with two attached hydrogens (primary N) is 1. The fraction of sp³-hybridized carbons (Fsp3) is 0.444. The van der Waals surface area contributed by atoms with Gasteiger partial charge in [-0.25, -0.2) is 0 Å². The molecule has 78 valence electrons. The predicted molar refractivity (Wildman–Crippen MR) is 55.0 cm³/mol. The molecule has 0 aliphatic heterocycles. The minimum Gasteiger partial charge on any atom is -0.404 e. The molecule has 5 nitrogen and oxygen atoms in total. The number of hydrogen-bond donors (Lipinski definition) is 2. The average molecular weight is 197 g/mol. The maximum absolute atomic E-state index is 11.0. The Morgan fingerprint density at radius 2 is 2.14 bits per heavy atom. The summed E-state index contributed by atoms with van der Waals surface area (Å²) in [5.41, 5.74) is 5.97. The van der Waals surface area contributed by atoms with E-state index in [1.165, 1.54) is 13.1 Å². The Morgan fingerprint density at radius 3 is 2.57 bits per heavy atom. The summed E-state index contributed by atoms with van der Waals surface area (Å²) in [6.45, 7) is 1.66. The van der Waals surface area contributed by atoms with E-state index in [1.807, 2.05) is 0 Å². The van der Waals surface area contributed by atoms with Gasteiger partial charge in [0.2, 0.25) is 5.91 Å². The van der Waals surface area contributed by atoms with E-state index in [0.717, 1.165) is 0 Å². The molecule has 0 heterocycles. The van der Waals surface area contributed by atoms with Crippen molar-refractivity contribution in [2.75, 3.05) is 13.6 Å². The van der Waals surface area contributed by atoms with Gasteiger partial charge in [-0.15, -0.1) is 0 Å². The van der Waals surface area contributed by atoms with Crippen LogP contribution in [0.25, 0.3) is 0 Å². The van der Waals surface area contributed by atoms with E-state index < -0.39 is 0 Å². The summed E-state index contributed by atoms with van der Waals surface area (Å²) in [6, 6.07) is 0. The molecule has 0 spiro atoms. The Morgan fingerprint density at radius 1 is 1.50 bits per heavy atom. The first kappa shape index (κ1) is 12.3. The lowest BCUT2D eigenvalue weighted by Gasteiger charge is -2.03. The molecule has 0 aromatic carbocycles. The van der Waals surface area contributed by atoms with Crippen LogP contribution in [0.3, 0.4) is 0 Å². The quantitative estimate of drug-likeness (QED) is 0.465. The zero-order chi connectivity index (χ0) is 11.0. The van der Waals surface area contributed by atoms with Gasteiger partial charge in [0.1, 0.15) is 5.78 Å². The summed E-state index contributed by atoms with van der Waals surface area (Å²) in [7, 11) is 1.61. The lowest BCUT2D eigenvalue weighted by molar-refractivity contribution is -0.127. The van der Waals surface area contributed by atoms with Crippen molar-refractivity contribution in [1.82, 2.24) is 5.32 Å². The van der Waals surface area contributed by atoms with Crippen LogP contribution in [0.2, 0.25) is 0 Å². The summed E-state index contributed by atoms with van der Waals surface area (Å²) in [5.74, 6) is -0.466. The van der Waals surface area contributed by atoms with Crippen LogP contribution in [0, 0.1) is 0 Å². The van der Waals surface area contributed by atoms with Gasteiger partial charge in [0.25, 0.3) is 0 Å². The van der Waals surface area contributed by atoms with Gasteiger partial charge in [0.15, 0.2) is 0 Å². The van der Waals surface area contributed by atoms with Crippen LogP contribution in [0.15, 0.2) is 16.8 Å². The second kappa shape index (κ2) is 6.82. The maximum Gasteiger partial charge on any atom is 0.227 e. The van der Waals surface area contributed by atoms with Crippen LogP contribution < -0.4 is 11.1 Å². The molecule has 0 atom stereocenters. The highest BCUT2D eigenvalue weighted by Crippen LogP contribution is 1.87. The number of nitrogens with one attached hydrogen (secondary N) is 1. The Hall–Kier alpha value is -1.65. The largest absolute Gasteiger partial charge is 0.404 e. The van der Waals surface area contributed by atoms with Crippen molar-refractivity contribution in [1.29, 1.82) is 0 Å². The van der Waals surface area contributed by atoms with Gasteiger partial charge in [-0.1, -0.05) is 0 Å². The summed E-state index contributed by atoms with van der Waals surface area (Å²) >= 11 is 0. The molecule has 0 rings (SSSR count). The van der Waals surface area contributed by atoms with Gasteiger partial charge in [-0.05, 0) is 6.92 Å². The van der Waals surface area contributed by atoms with Gasteiger partial charge < -0.3 is 11.1 Å². The predicted octanol–water partition coefficient (Wildman–Crippen LogP) is -0.375. The van der Waals surface area contributed by atoms with Crippen LogP contribution in [-0.2, 0) is 9.59 Å². The highest BCUT2D eigenvalue weighted by atomic mass is 16.2. The van der Waals surface area contributed by atoms with E-state index in [2.05, 4.69) is 10.3 Å². The molecule has 5 heteroatoms. The molecule has 0 aliphatic rings. The summed E-state index contributed by atoms with van der Waals surface area (Å²) < 4.78 is 0. The van der Waals surface area contributed by atoms with Crippen LogP contribution >= 0.6 is 0 Å². The molecule has 1 amide bonds. The number of carbonyl (C=O) groups excluding carboxylic acids is 2. The van der Waals surface area contributed by atoms with Crippen LogP contribution in [0.5, 0.6) is 0 Å². The number of amides is 1. The summed E-state index contributed by atoms with van der Waals surface area (Å²) in [4.78, 5) is 25.4. The highest BCUT2D eigenvalue weighted by molar-refractivity contribution is 5.97. The van der Waals surface area contributed by atoms with Crippen molar-refractivity contribution in [3.05, 3.63) is 11.8 Å². The zero-order valence-electron chi connectivity index (χ0n) is 8.41. The molecule has 0 fully saturated rings. The number of hydrogen-bond acceptors (Lipinski definition) is 4. The average Bonchev–Trinajstić information content (AvgIpc) is 2.11. The normalized spacial score (nSPS) is 11.7. The fourth-order valence-electron chi connectivity index (χ4n) is 0.803. The van der Waals surface area contributed by atoms with Gasteiger partial charge in [0, 0.05) is 31.6 Å². The molecule has 0 saturated carbocycles. The molecular formula is C9H15N3O2. The monoisotopic (exact) mass is 197 g/mol. The second-order valence-corrected chi connectivity index (χ2v) is 2.78. The Bertz CT molecular complexity index is 269. The molecule has 3 N–H and O–H groups in total. The first-order valence-electron chi connectivity index (χ1n) is 4.19. The van der Waals surface area contributed by atoms with E-state index in [1.54, 1.807) is 13.3 Å². The van der Waals surface area contributed by atoms with Gasteiger partial charge in [-0.3, -0.25) is 14.6 Å². The second-order valence-electron chi connectivity index (χ2n) is 2.78. The summed E-state index contributed by atoms with van der Waals surface area (Å²) in [6.07, 6.45) is 2.82. The molecule has 14 heavy (non-hydrogen) atoms. The lowest BCUT2D eigenvalue weighted by Crippen LogP contribution is -2.27. The number of carbonyl (C=O) groups is 2. The standard InChI is InChI=1S/C9H15N3O2/c1-7(13)3-9(14)12-6-8(4-10)5-11-2/h4-5H,3,6,10H2,1-2H3,(H,12,14). The first-order chi connectivity index (χ1) is 6.60. The van der Waals surface area contributed by atoms with Gasteiger partial charge in [0.05, 0.1) is 6.42 Å². The molecule has 0 radical (unpaired) electrons. The number of nitrogens with zero attached hydrogens (tertiary/aromatic N) is 1. The minimum atomic E-state index is -0.304. The van der Waals surface area contributed by atoms with Gasteiger partial charge >= 0.3 is 0 Å². The summed E-state index contributed by atoms with van der Waals surface area (Å²) in [5, 5.41) is 2.55. The molecular weight excluding hydrogens is 182 g/mol. The SMILES string of the molecule is CN=CC(=CN)CNC(=O)CC(C)=O.